The predicted octanol–water partition coefficient (Wildman–Crippen LogP) is 3.02. The molecule has 4 heteroatoms. The fourth-order valence-electron chi connectivity index (χ4n) is 1.23. The van der Waals surface area contributed by atoms with Gasteiger partial charge in [-0.2, -0.15) is 0 Å². The van der Waals surface area contributed by atoms with Crippen LogP contribution in [0.4, 0.5) is 0 Å². The van der Waals surface area contributed by atoms with Crippen molar-refractivity contribution in [3.63, 3.8) is 0 Å². The smallest absolute Gasteiger partial charge is 0.0915 e. The van der Waals surface area contributed by atoms with Crippen molar-refractivity contribution in [2.24, 2.45) is 0 Å². The van der Waals surface area contributed by atoms with Crippen LogP contribution in [0.2, 0.25) is 10.0 Å². The largest absolute Gasteiger partial charge is 0.387 e. The summed E-state index contributed by atoms with van der Waals surface area (Å²) in [5, 5.41) is 14.1. The zero-order valence-electron chi connectivity index (χ0n) is 8.80. The molecule has 0 amide bonds. The summed E-state index contributed by atoms with van der Waals surface area (Å²) in [6, 6.07) is 5.43. The molecule has 84 valence electrons. The Kier molecular flexibility index (Phi) is 4.87. The molecular formula is C11H15Cl2NO. The SMILES string of the molecule is CC(C)NCC(O)c1cc(Cl)cc(Cl)c1. The third-order valence-corrected chi connectivity index (χ3v) is 2.43. The van der Waals surface area contributed by atoms with Crippen molar-refractivity contribution in [3.05, 3.63) is 33.8 Å². The summed E-state index contributed by atoms with van der Waals surface area (Å²) in [4.78, 5) is 0. The van der Waals surface area contributed by atoms with Gasteiger partial charge in [0.25, 0.3) is 0 Å². The Morgan fingerprint density at radius 3 is 2.20 bits per heavy atom. The maximum absolute atomic E-state index is 9.84. The maximum Gasteiger partial charge on any atom is 0.0915 e. The van der Waals surface area contributed by atoms with Crippen molar-refractivity contribution in [2.45, 2.75) is 26.0 Å². The molecule has 0 aliphatic carbocycles. The summed E-state index contributed by atoms with van der Waals surface area (Å²) in [6.45, 7) is 4.55. The minimum absolute atomic E-state index is 0.342. The number of nitrogens with one attached hydrogen (secondary N) is 1. The Hall–Kier alpha value is -0.280. The molecule has 1 unspecified atom stereocenters. The molecule has 1 aromatic rings. The second-order valence-corrected chi connectivity index (χ2v) is 4.65. The number of benzene rings is 1. The maximum atomic E-state index is 9.84. The zero-order valence-corrected chi connectivity index (χ0v) is 10.3. The minimum Gasteiger partial charge on any atom is -0.387 e. The van der Waals surface area contributed by atoms with Gasteiger partial charge in [-0.15, -0.1) is 0 Å². The van der Waals surface area contributed by atoms with Crippen LogP contribution in [0.25, 0.3) is 0 Å². The highest BCUT2D eigenvalue weighted by Crippen LogP contribution is 2.23. The Morgan fingerprint density at radius 1 is 1.20 bits per heavy atom. The van der Waals surface area contributed by atoms with Gasteiger partial charge < -0.3 is 10.4 Å². The van der Waals surface area contributed by atoms with Gasteiger partial charge in [0.1, 0.15) is 0 Å². The van der Waals surface area contributed by atoms with Crippen molar-refractivity contribution in [1.29, 1.82) is 0 Å². The summed E-state index contributed by atoms with van der Waals surface area (Å²) in [6.07, 6.45) is -0.580. The highest BCUT2D eigenvalue weighted by atomic mass is 35.5. The summed E-state index contributed by atoms with van der Waals surface area (Å²) in [5.74, 6) is 0. The van der Waals surface area contributed by atoms with Crippen molar-refractivity contribution >= 4 is 23.2 Å². The molecule has 1 aromatic carbocycles. The third kappa shape index (κ3) is 4.39. The normalized spacial score (nSPS) is 13.2. The van der Waals surface area contributed by atoms with E-state index in [0.717, 1.165) is 5.56 Å². The number of hydrogen-bond acceptors (Lipinski definition) is 2. The van der Waals surface area contributed by atoms with Crippen LogP contribution in [0.3, 0.4) is 0 Å². The lowest BCUT2D eigenvalue weighted by molar-refractivity contribution is 0.171. The van der Waals surface area contributed by atoms with Crippen LogP contribution in [-0.4, -0.2) is 17.7 Å². The van der Waals surface area contributed by atoms with Crippen molar-refractivity contribution < 1.29 is 5.11 Å². The van der Waals surface area contributed by atoms with E-state index in [1.54, 1.807) is 18.2 Å². The van der Waals surface area contributed by atoms with Gasteiger partial charge in [0.15, 0.2) is 0 Å². The number of halogens is 2. The van der Waals surface area contributed by atoms with Crippen LogP contribution in [-0.2, 0) is 0 Å². The Morgan fingerprint density at radius 2 is 1.73 bits per heavy atom. The molecule has 0 bridgehead atoms. The zero-order chi connectivity index (χ0) is 11.4. The highest BCUT2D eigenvalue weighted by molar-refractivity contribution is 6.34. The van der Waals surface area contributed by atoms with E-state index in [1.807, 2.05) is 13.8 Å². The molecule has 0 heterocycles. The fraction of sp³-hybridized carbons (Fsp3) is 0.455. The van der Waals surface area contributed by atoms with Gasteiger partial charge in [-0.3, -0.25) is 0 Å². The molecule has 15 heavy (non-hydrogen) atoms. The topological polar surface area (TPSA) is 32.3 Å². The van der Waals surface area contributed by atoms with Gasteiger partial charge >= 0.3 is 0 Å². The number of aliphatic hydroxyl groups is 1. The van der Waals surface area contributed by atoms with Gasteiger partial charge in [0.05, 0.1) is 6.10 Å². The van der Waals surface area contributed by atoms with Crippen LogP contribution in [0.1, 0.15) is 25.5 Å². The molecule has 0 saturated carbocycles. The quantitative estimate of drug-likeness (QED) is 0.858. The molecule has 1 rings (SSSR count). The van der Waals surface area contributed by atoms with E-state index in [4.69, 9.17) is 23.2 Å². The van der Waals surface area contributed by atoms with Crippen molar-refractivity contribution in [3.8, 4) is 0 Å². The van der Waals surface area contributed by atoms with Gasteiger partial charge in [-0.25, -0.2) is 0 Å². The predicted molar refractivity (Wildman–Crippen MR) is 64.6 cm³/mol. The highest BCUT2D eigenvalue weighted by Gasteiger charge is 2.09. The average molecular weight is 248 g/mol. The lowest BCUT2D eigenvalue weighted by Crippen LogP contribution is -2.27. The van der Waals surface area contributed by atoms with E-state index in [-0.39, 0.29) is 0 Å². The minimum atomic E-state index is -0.580. The van der Waals surface area contributed by atoms with E-state index in [9.17, 15) is 5.11 Å². The van der Waals surface area contributed by atoms with Gasteiger partial charge in [0, 0.05) is 22.6 Å². The van der Waals surface area contributed by atoms with Crippen molar-refractivity contribution in [2.75, 3.05) is 6.54 Å². The number of aliphatic hydroxyl groups excluding tert-OH is 1. The first-order chi connectivity index (χ1) is 6.99. The monoisotopic (exact) mass is 247 g/mol. The van der Waals surface area contributed by atoms with E-state index in [0.29, 0.717) is 22.6 Å². The lowest BCUT2D eigenvalue weighted by Gasteiger charge is -2.14. The molecule has 0 aromatic heterocycles. The summed E-state index contributed by atoms with van der Waals surface area (Å²) < 4.78 is 0. The van der Waals surface area contributed by atoms with E-state index >= 15 is 0 Å². The van der Waals surface area contributed by atoms with E-state index in [1.165, 1.54) is 0 Å². The average Bonchev–Trinajstić information content (AvgIpc) is 2.12. The van der Waals surface area contributed by atoms with Crippen LogP contribution < -0.4 is 5.32 Å². The third-order valence-electron chi connectivity index (χ3n) is 1.99. The molecule has 2 nitrogen and oxygen atoms in total. The van der Waals surface area contributed by atoms with E-state index in [2.05, 4.69) is 5.32 Å². The molecule has 0 radical (unpaired) electrons. The number of hydrogen-bond donors (Lipinski definition) is 2. The Bertz CT molecular complexity index is 308. The van der Waals surface area contributed by atoms with Crippen LogP contribution in [0.15, 0.2) is 18.2 Å². The van der Waals surface area contributed by atoms with Crippen molar-refractivity contribution in [1.82, 2.24) is 5.32 Å². The molecule has 0 spiro atoms. The molecular weight excluding hydrogens is 233 g/mol. The molecule has 0 saturated heterocycles. The molecule has 2 N–H and O–H groups in total. The fourth-order valence-corrected chi connectivity index (χ4v) is 1.78. The molecule has 0 aliphatic rings. The van der Waals surface area contributed by atoms with Crippen LogP contribution in [0, 0.1) is 0 Å². The molecule has 0 aliphatic heterocycles. The second kappa shape index (κ2) is 5.71. The van der Waals surface area contributed by atoms with Gasteiger partial charge in [-0.1, -0.05) is 37.0 Å². The lowest BCUT2D eigenvalue weighted by atomic mass is 10.1. The Labute approximate surface area is 100 Å². The molecule has 1 atom stereocenters. The van der Waals surface area contributed by atoms with Crippen LogP contribution in [0.5, 0.6) is 0 Å². The standard InChI is InChI=1S/C11H15Cl2NO/c1-7(2)14-6-11(15)8-3-9(12)5-10(13)4-8/h3-5,7,11,14-15H,6H2,1-2H3. The number of rotatable bonds is 4. The Balaban J connectivity index is 2.68. The summed E-state index contributed by atoms with van der Waals surface area (Å²) in [7, 11) is 0. The first-order valence-electron chi connectivity index (χ1n) is 4.86. The molecule has 0 fully saturated rings. The van der Waals surface area contributed by atoms with Crippen LogP contribution >= 0.6 is 23.2 Å². The first kappa shape index (κ1) is 12.8. The summed E-state index contributed by atoms with van der Waals surface area (Å²) in [5.41, 5.74) is 0.737. The second-order valence-electron chi connectivity index (χ2n) is 3.78. The van der Waals surface area contributed by atoms with Gasteiger partial charge in [0.2, 0.25) is 0 Å². The van der Waals surface area contributed by atoms with E-state index < -0.39 is 6.10 Å². The van der Waals surface area contributed by atoms with Gasteiger partial charge in [-0.05, 0) is 23.8 Å². The first-order valence-corrected chi connectivity index (χ1v) is 5.62. The summed E-state index contributed by atoms with van der Waals surface area (Å²) >= 11 is 11.7.